The Morgan fingerprint density at radius 1 is 1.22 bits per heavy atom. The summed E-state index contributed by atoms with van der Waals surface area (Å²) in [5, 5.41) is 0. The molecule has 1 aromatic rings. The van der Waals surface area contributed by atoms with Gasteiger partial charge in [0.2, 0.25) is 6.79 Å². The van der Waals surface area contributed by atoms with Gasteiger partial charge in [-0.3, -0.25) is 9.59 Å². The molecule has 0 saturated carbocycles. The van der Waals surface area contributed by atoms with Gasteiger partial charge in [-0.15, -0.1) is 12.4 Å². The number of rotatable bonds is 7. The molecule has 3 rings (SSSR count). The van der Waals surface area contributed by atoms with Gasteiger partial charge in [-0.1, -0.05) is 12.1 Å². The molecule has 6 nitrogen and oxygen atoms in total. The van der Waals surface area contributed by atoms with E-state index in [1.807, 2.05) is 25.1 Å². The summed E-state index contributed by atoms with van der Waals surface area (Å²) in [7, 11) is 0. The monoisotopic (exact) mass is 395 g/mol. The van der Waals surface area contributed by atoms with Crippen molar-refractivity contribution in [1.82, 2.24) is 4.90 Å². The Kier molecular flexibility index (Phi) is 8.13. The molecule has 2 aliphatic heterocycles. The molecule has 148 valence electrons. The molecule has 1 fully saturated rings. The molecule has 1 aromatic carbocycles. The van der Waals surface area contributed by atoms with Gasteiger partial charge in [0, 0.05) is 13.0 Å². The van der Waals surface area contributed by atoms with Crippen LogP contribution in [0.2, 0.25) is 0 Å². The topological polar surface area (TPSA) is 65.1 Å². The van der Waals surface area contributed by atoms with Crippen LogP contribution >= 0.6 is 12.4 Å². The maximum Gasteiger partial charge on any atom is 0.309 e. The molecule has 2 aliphatic rings. The summed E-state index contributed by atoms with van der Waals surface area (Å²) < 4.78 is 15.7. The lowest BCUT2D eigenvalue weighted by molar-refractivity contribution is -0.149. The van der Waals surface area contributed by atoms with Crippen molar-refractivity contribution in [3.8, 4) is 11.5 Å². The fraction of sp³-hybridized carbons (Fsp3) is 0.500. The zero-order valence-electron chi connectivity index (χ0n) is 15.5. The van der Waals surface area contributed by atoms with Gasteiger partial charge in [-0.2, -0.15) is 0 Å². The SMILES string of the molecule is CCOC(=O)C1CCN(CCC(=O)C=Cc2ccc3c(c2)OCO3)CC1.Cl. The number of hydrogen-bond donors (Lipinski definition) is 0. The molecule has 0 N–H and O–H groups in total. The van der Waals surface area contributed by atoms with Crippen LogP contribution in [-0.4, -0.2) is 49.7 Å². The highest BCUT2D eigenvalue weighted by Gasteiger charge is 2.25. The van der Waals surface area contributed by atoms with Crippen molar-refractivity contribution in [3.05, 3.63) is 29.8 Å². The highest BCUT2D eigenvalue weighted by Crippen LogP contribution is 2.32. The Labute approximate surface area is 165 Å². The number of piperidine rings is 1. The fourth-order valence-corrected chi connectivity index (χ4v) is 3.21. The summed E-state index contributed by atoms with van der Waals surface area (Å²) in [5.41, 5.74) is 0.915. The lowest BCUT2D eigenvalue weighted by Gasteiger charge is -2.30. The number of benzene rings is 1. The Balaban J connectivity index is 0.00000261. The number of halogens is 1. The van der Waals surface area contributed by atoms with Gasteiger partial charge >= 0.3 is 5.97 Å². The van der Waals surface area contributed by atoms with Gasteiger partial charge in [0.1, 0.15) is 0 Å². The summed E-state index contributed by atoms with van der Waals surface area (Å²) in [5.74, 6) is 1.46. The number of fused-ring (bicyclic) bond motifs is 1. The van der Waals surface area contributed by atoms with Crippen molar-refractivity contribution in [2.45, 2.75) is 26.2 Å². The number of allylic oxidation sites excluding steroid dienone is 1. The van der Waals surface area contributed by atoms with E-state index in [2.05, 4.69) is 4.90 Å². The summed E-state index contributed by atoms with van der Waals surface area (Å²) in [6, 6.07) is 5.61. The predicted octanol–water partition coefficient (Wildman–Crippen LogP) is 3.08. The van der Waals surface area contributed by atoms with Crippen molar-refractivity contribution in [2.75, 3.05) is 33.0 Å². The van der Waals surface area contributed by atoms with Gasteiger partial charge < -0.3 is 19.1 Å². The zero-order chi connectivity index (χ0) is 18.4. The minimum atomic E-state index is -0.0881. The third kappa shape index (κ3) is 5.97. The first-order valence-electron chi connectivity index (χ1n) is 9.15. The minimum absolute atomic E-state index is 0. The molecule has 0 atom stereocenters. The summed E-state index contributed by atoms with van der Waals surface area (Å²) in [4.78, 5) is 26.1. The standard InChI is InChI=1S/C20H25NO5.ClH/c1-2-24-20(23)16-7-10-21(11-8-16)12-9-17(22)5-3-15-4-6-18-19(13-15)26-14-25-18;/h3-6,13,16H,2,7-12,14H2,1H3;1H. The van der Waals surface area contributed by atoms with Crippen LogP contribution in [0.3, 0.4) is 0 Å². The molecule has 7 heteroatoms. The van der Waals surface area contributed by atoms with E-state index in [1.54, 1.807) is 12.2 Å². The van der Waals surface area contributed by atoms with E-state index in [1.165, 1.54) is 0 Å². The van der Waals surface area contributed by atoms with Crippen LogP contribution in [0.5, 0.6) is 11.5 Å². The Morgan fingerprint density at radius 3 is 2.70 bits per heavy atom. The smallest absolute Gasteiger partial charge is 0.309 e. The third-order valence-corrected chi connectivity index (χ3v) is 4.74. The largest absolute Gasteiger partial charge is 0.466 e. The van der Waals surface area contributed by atoms with E-state index in [-0.39, 0.29) is 36.9 Å². The number of hydrogen-bond acceptors (Lipinski definition) is 6. The van der Waals surface area contributed by atoms with Crippen LogP contribution < -0.4 is 9.47 Å². The van der Waals surface area contributed by atoms with Gasteiger partial charge in [-0.25, -0.2) is 0 Å². The first-order valence-corrected chi connectivity index (χ1v) is 9.15. The van der Waals surface area contributed by atoms with Gasteiger partial charge in [0.25, 0.3) is 0 Å². The van der Waals surface area contributed by atoms with Crippen LogP contribution in [-0.2, 0) is 14.3 Å². The highest BCUT2D eigenvalue weighted by atomic mass is 35.5. The summed E-state index contributed by atoms with van der Waals surface area (Å²) in [6.07, 6.45) is 5.51. The average Bonchev–Trinajstić information content (AvgIpc) is 3.13. The van der Waals surface area contributed by atoms with E-state index in [9.17, 15) is 9.59 Å². The molecule has 0 radical (unpaired) electrons. The molecule has 2 heterocycles. The second-order valence-corrected chi connectivity index (χ2v) is 6.53. The number of nitrogens with zero attached hydrogens (tertiary/aromatic N) is 1. The van der Waals surface area contributed by atoms with Crippen LogP contribution in [0.4, 0.5) is 0 Å². The van der Waals surface area contributed by atoms with Crippen LogP contribution in [0.1, 0.15) is 31.7 Å². The maximum absolute atomic E-state index is 12.1. The lowest BCUT2D eigenvalue weighted by Crippen LogP contribution is -2.37. The highest BCUT2D eigenvalue weighted by molar-refractivity contribution is 5.93. The average molecular weight is 396 g/mol. The molecule has 0 aromatic heterocycles. The number of carbonyl (C=O) groups is 2. The third-order valence-electron chi connectivity index (χ3n) is 4.74. The van der Waals surface area contributed by atoms with E-state index >= 15 is 0 Å². The van der Waals surface area contributed by atoms with Crippen molar-refractivity contribution < 1.29 is 23.8 Å². The van der Waals surface area contributed by atoms with Gasteiger partial charge in [-0.05, 0) is 56.6 Å². The molecule has 27 heavy (non-hydrogen) atoms. The Bertz CT molecular complexity index is 683. The van der Waals surface area contributed by atoms with Gasteiger partial charge in [0.05, 0.1) is 12.5 Å². The lowest BCUT2D eigenvalue weighted by atomic mass is 9.97. The minimum Gasteiger partial charge on any atom is -0.466 e. The van der Waals surface area contributed by atoms with E-state index in [0.29, 0.717) is 18.8 Å². The number of ether oxygens (including phenoxy) is 3. The second-order valence-electron chi connectivity index (χ2n) is 6.53. The Morgan fingerprint density at radius 2 is 1.96 bits per heavy atom. The molecule has 0 amide bonds. The van der Waals surface area contributed by atoms with E-state index < -0.39 is 0 Å². The Hall–Kier alpha value is -2.05. The molecule has 0 unspecified atom stereocenters. The number of esters is 1. The zero-order valence-corrected chi connectivity index (χ0v) is 16.3. The fourth-order valence-electron chi connectivity index (χ4n) is 3.21. The summed E-state index contributed by atoms with van der Waals surface area (Å²) in [6.45, 7) is 4.90. The second kappa shape index (κ2) is 10.3. The van der Waals surface area contributed by atoms with Gasteiger partial charge in [0.15, 0.2) is 17.3 Å². The first kappa shape index (κ1) is 21.3. The van der Waals surface area contributed by atoms with Crippen molar-refractivity contribution in [2.24, 2.45) is 5.92 Å². The quantitative estimate of drug-likeness (QED) is 0.522. The number of carbonyl (C=O) groups excluding carboxylic acids is 2. The molecular formula is C20H26ClNO5. The van der Waals surface area contributed by atoms with Crippen LogP contribution in [0.15, 0.2) is 24.3 Å². The molecular weight excluding hydrogens is 370 g/mol. The molecule has 0 bridgehead atoms. The van der Waals surface area contributed by atoms with E-state index in [4.69, 9.17) is 14.2 Å². The molecule has 1 saturated heterocycles. The molecule has 0 aliphatic carbocycles. The number of ketones is 1. The normalized spacial score (nSPS) is 16.9. The van der Waals surface area contributed by atoms with Crippen LogP contribution in [0, 0.1) is 5.92 Å². The van der Waals surface area contributed by atoms with Crippen LogP contribution in [0.25, 0.3) is 6.08 Å². The summed E-state index contributed by atoms with van der Waals surface area (Å²) >= 11 is 0. The van der Waals surface area contributed by atoms with E-state index in [0.717, 1.165) is 43.8 Å². The maximum atomic E-state index is 12.1. The van der Waals surface area contributed by atoms with Crippen molar-refractivity contribution >= 4 is 30.2 Å². The van der Waals surface area contributed by atoms with Crippen molar-refractivity contribution in [3.63, 3.8) is 0 Å². The molecule has 0 spiro atoms. The number of likely N-dealkylation sites (tertiary alicyclic amines) is 1. The predicted molar refractivity (Wildman–Crippen MR) is 104 cm³/mol. The first-order chi connectivity index (χ1) is 12.7. The van der Waals surface area contributed by atoms with Crippen molar-refractivity contribution in [1.29, 1.82) is 0 Å².